The van der Waals surface area contributed by atoms with Crippen LogP contribution in [-0.4, -0.2) is 37.5 Å². The average molecular weight is 335 g/mol. The van der Waals surface area contributed by atoms with Crippen LogP contribution in [0.4, 0.5) is 5.69 Å². The molecule has 0 saturated heterocycles. The molecule has 0 unspecified atom stereocenters. The van der Waals surface area contributed by atoms with Gasteiger partial charge in [-0.2, -0.15) is 0 Å². The third kappa shape index (κ3) is 3.37. The molecule has 122 valence electrons. The fourth-order valence-corrected chi connectivity index (χ4v) is 3.73. The van der Waals surface area contributed by atoms with Gasteiger partial charge in [-0.25, -0.2) is 8.42 Å². The van der Waals surface area contributed by atoms with E-state index >= 15 is 0 Å². The number of aromatic nitrogens is 1. The molecule has 7 nitrogen and oxygen atoms in total. The Kier molecular flexibility index (Phi) is 4.08. The van der Waals surface area contributed by atoms with Gasteiger partial charge in [-0.05, 0) is 36.1 Å². The Morgan fingerprint density at radius 1 is 1.26 bits per heavy atom. The first-order valence-corrected chi connectivity index (χ1v) is 8.73. The zero-order valence-electron chi connectivity index (χ0n) is 12.7. The molecule has 0 aliphatic carbocycles. The van der Waals surface area contributed by atoms with Gasteiger partial charge < -0.3 is 9.42 Å². The van der Waals surface area contributed by atoms with E-state index in [2.05, 4.69) is 14.4 Å². The van der Waals surface area contributed by atoms with Crippen LogP contribution in [0.2, 0.25) is 0 Å². The molecule has 2 heterocycles. The van der Waals surface area contributed by atoms with Gasteiger partial charge in [-0.15, -0.1) is 0 Å². The van der Waals surface area contributed by atoms with Crippen LogP contribution in [0.1, 0.15) is 18.1 Å². The fraction of sp³-hybridized carbons (Fsp3) is 0.333. The van der Waals surface area contributed by atoms with Crippen LogP contribution < -0.4 is 4.72 Å². The van der Waals surface area contributed by atoms with Crippen molar-refractivity contribution in [3.63, 3.8) is 0 Å². The monoisotopic (exact) mass is 335 g/mol. The van der Waals surface area contributed by atoms with E-state index in [0.717, 1.165) is 17.5 Å². The van der Waals surface area contributed by atoms with E-state index in [-0.39, 0.29) is 16.5 Å². The number of rotatable bonds is 3. The minimum absolute atomic E-state index is 0.0415. The van der Waals surface area contributed by atoms with E-state index in [1.54, 1.807) is 24.0 Å². The van der Waals surface area contributed by atoms with E-state index in [9.17, 15) is 13.2 Å². The normalized spacial score (nSPS) is 14.9. The maximum absolute atomic E-state index is 12.4. The largest absolute Gasteiger partial charge is 0.362 e. The molecule has 23 heavy (non-hydrogen) atoms. The summed E-state index contributed by atoms with van der Waals surface area (Å²) in [5.41, 5.74) is 2.32. The van der Waals surface area contributed by atoms with Gasteiger partial charge in [0.2, 0.25) is 5.91 Å². The maximum atomic E-state index is 12.4. The molecular formula is C15H17N3O4S. The molecule has 1 amide bonds. The first kappa shape index (κ1) is 15.5. The lowest BCUT2D eigenvalue weighted by Gasteiger charge is -2.17. The molecule has 0 spiro atoms. The molecule has 0 saturated carbocycles. The summed E-state index contributed by atoms with van der Waals surface area (Å²) in [5, 5.41) is 3.47. The molecule has 8 heteroatoms. The number of hydrogen-bond acceptors (Lipinski definition) is 5. The van der Waals surface area contributed by atoms with Gasteiger partial charge in [0.15, 0.2) is 0 Å². The van der Waals surface area contributed by atoms with Crippen LogP contribution in [0.15, 0.2) is 40.1 Å². The van der Waals surface area contributed by atoms with Crippen molar-refractivity contribution in [1.29, 1.82) is 0 Å². The lowest BCUT2D eigenvalue weighted by Crippen LogP contribution is -2.30. The number of carbonyl (C=O) groups excluding carboxylic acids is 1. The summed E-state index contributed by atoms with van der Waals surface area (Å²) >= 11 is 0. The number of benzene rings is 1. The van der Waals surface area contributed by atoms with Crippen molar-refractivity contribution in [1.82, 2.24) is 10.1 Å². The zero-order chi connectivity index (χ0) is 16.4. The number of carbonyl (C=O) groups is 1. The van der Waals surface area contributed by atoms with Gasteiger partial charge in [0.25, 0.3) is 10.0 Å². The van der Waals surface area contributed by atoms with Crippen molar-refractivity contribution in [2.24, 2.45) is 0 Å². The minimum Gasteiger partial charge on any atom is -0.362 e. The van der Waals surface area contributed by atoms with Crippen LogP contribution in [0.5, 0.6) is 0 Å². The summed E-state index contributed by atoms with van der Waals surface area (Å²) in [6, 6.07) is 5.08. The Morgan fingerprint density at radius 2 is 2.00 bits per heavy atom. The molecule has 3 rings (SSSR count). The third-order valence-electron chi connectivity index (χ3n) is 3.92. The van der Waals surface area contributed by atoms with Gasteiger partial charge in [-0.1, -0.05) is 11.2 Å². The highest BCUT2D eigenvalue weighted by molar-refractivity contribution is 7.92. The molecule has 2 aromatic rings. The second-order valence-electron chi connectivity index (χ2n) is 5.46. The Morgan fingerprint density at radius 3 is 2.65 bits per heavy atom. The van der Waals surface area contributed by atoms with Crippen molar-refractivity contribution in [3.05, 3.63) is 41.8 Å². The quantitative estimate of drug-likeness (QED) is 0.916. The van der Waals surface area contributed by atoms with Crippen molar-refractivity contribution in [2.75, 3.05) is 17.8 Å². The second kappa shape index (κ2) is 6.04. The van der Waals surface area contributed by atoms with E-state index < -0.39 is 10.0 Å². The summed E-state index contributed by atoms with van der Waals surface area (Å²) < 4.78 is 31.8. The predicted octanol–water partition coefficient (Wildman–Crippen LogP) is 1.42. The molecule has 0 radical (unpaired) electrons. The van der Waals surface area contributed by atoms with Gasteiger partial charge >= 0.3 is 0 Å². The topological polar surface area (TPSA) is 92.5 Å². The first-order valence-electron chi connectivity index (χ1n) is 7.25. The van der Waals surface area contributed by atoms with Gasteiger partial charge in [-0.3, -0.25) is 9.52 Å². The number of nitrogens with one attached hydrogen (secondary N) is 1. The maximum Gasteiger partial charge on any atom is 0.262 e. The van der Waals surface area contributed by atoms with Gasteiger partial charge in [0, 0.05) is 20.0 Å². The Bertz CT molecular complexity index is 815. The number of nitrogens with zero attached hydrogens (tertiary/aromatic N) is 2. The van der Waals surface area contributed by atoms with E-state index in [1.165, 1.54) is 12.5 Å². The van der Waals surface area contributed by atoms with E-state index in [4.69, 9.17) is 0 Å². The lowest BCUT2D eigenvalue weighted by molar-refractivity contribution is -0.128. The van der Waals surface area contributed by atoms with Crippen LogP contribution in [0, 0.1) is 0 Å². The summed E-state index contributed by atoms with van der Waals surface area (Å²) in [6.45, 7) is 2.81. The average Bonchev–Trinajstić information content (AvgIpc) is 2.90. The molecule has 0 bridgehead atoms. The second-order valence-corrected chi connectivity index (χ2v) is 7.14. The lowest BCUT2D eigenvalue weighted by atomic mass is 10.0. The third-order valence-corrected chi connectivity index (χ3v) is 5.30. The standard InChI is InChI=1S/C15H17N3O4S/c1-11(19)18-6-4-12-2-3-15(8-13(12)5-7-18)23(20,21)17-14-9-16-22-10-14/h2-3,8-10,17H,4-7H2,1H3. The highest BCUT2D eigenvalue weighted by Crippen LogP contribution is 2.22. The summed E-state index contributed by atoms with van der Waals surface area (Å²) in [4.78, 5) is 13.5. The number of sulfonamides is 1. The molecule has 1 aromatic carbocycles. The summed E-state index contributed by atoms with van der Waals surface area (Å²) in [7, 11) is -3.69. The van der Waals surface area contributed by atoms with Crippen molar-refractivity contribution < 1.29 is 17.7 Å². The Hall–Kier alpha value is -2.35. The van der Waals surface area contributed by atoms with Crippen LogP contribution in [0.25, 0.3) is 0 Å². The van der Waals surface area contributed by atoms with Crippen molar-refractivity contribution in [2.45, 2.75) is 24.7 Å². The summed E-state index contributed by atoms with van der Waals surface area (Å²) in [5.74, 6) is 0.0415. The van der Waals surface area contributed by atoms with Crippen molar-refractivity contribution >= 4 is 21.6 Å². The molecule has 1 N–H and O–H groups in total. The van der Waals surface area contributed by atoms with E-state index in [0.29, 0.717) is 19.5 Å². The fourth-order valence-electron chi connectivity index (χ4n) is 2.65. The number of hydrogen-bond donors (Lipinski definition) is 1. The molecule has 0 atom stereocenters. The van der Waals surface area contributed by atoms with Crippen LogP contribution in [0.3, 0.4) is 0 Å². The highest BCUT2D eigenvalue weighted by atomic mass is 32.2. The van der Waals surface area contributed by atoms with Gasteiger partial charge in [0.05, 0.1) is 11.1 Å². The number of anilines is 1. The summed E-state index contributed by atoms with van der Waals surface area (Å²) in [6.07, 6.45) is 3.90. The molecule has 1 aliphatic rings. The molecule has 0 fully saturated rings. The molecular weight excluding hydrogens is 318 g/mol. The van der Waals surface area contributed by atoms with Crippen LogP contribution >= 0.6 is 0 Å². The predicted molar refractivity (Wildman–Crippen MR) is 83.4 cm³/mol. The van der Waals surface area contributed by atoms with Crippen LogP contribution in [-0.2, 0) is 27.7 Å². The smallest absolute Gasteiger partial charge is 0.262 e. The number of fused-ring (bicyclic) bond motifs is 1. The number of amides is 1. The van der Waals surface area contributed by atoms with E-state index in [1.807, 2.05) is 6.07 Å². The van der Waals surface area contributed by atoms with Crippen molar-refractivity contribution in [3.8, 4) is 0 Å². The Balaban J connectivity index is 1.85. The Labute approximate surface area is 134 Å². The van der Waals surface area contributed by atoms with Gasteiger partial charge in [0.1, 0.15) is 12.0 Å². The SMILES string of the molecule is CC(=O)N1CCc2ccc(S(=O)(=O)Nc3cnoc3)cc2CC1. The molecule has 1 aliphatic heterocycles. The highest BCUT2D eigenvalue weighted by Gasteiger charge is 2.20. The molecule has 1 aromatic heterocycles. The zero-order valence-corrected chi connectivity index (χ0v) is 13.5. The minimum atomic E-state index is -3.69. The first-order chi connectivity index (χ1) is 11.0.